The summed E-state index contributed by atoms with van der Waals surface area (Å²) in [6, 6.07) is 6.55. The van der Waals surface area contributed by atoms with Gasteiger partial charge in [0.1, 0.15) is 23.4 Å². The number of nitro benzene ring substituents is 2. The van der Waals surface area contributed by atoms with E-state index in [9.17, 15) is 20.2 Å². The van der Waals surface area contributed by atoms with Gasteiger partial charge >= 0.3 is 11.4 Å². The van der Waals surface area contributed by atoms with Crippen molar-refractivity contribution < 1.29 is 9.85 Å². The van der Waals surface area contributed by atoms with Gasteiger partial charge in [-0.25, -0.2) is 0 Å². The van der Waals surface area contributed by atoms with Crippen LogP contribution < -0.4 is 5.32 Å². The van der Waals surface area contributed by atoms with Gasteiger partial charge in [-0.1, -0.05) is 6.07 Å². The average Bonchev–Trinajstić information content (AvgIpc) is 2.39. The summed E-state index contributed by atoms with van der Waals surface area (Å²) in [4.78, 5) is 19.7. The van der Waals surface area contributed by atoms with Gasteiger partial charge in [0.2, 0.25) is 0 Å². The maximum atomic E-state index is 10.8. The molecule has 9 nitrogen and oxygen atoms in total. The number of hydrogen-bond donors (Lipinski definition) is 1. The molecule has 0 saturated carbocycles. The Hall–Kier alpha value is -3.46. The van der Waals surface area contributed by atoms with Gasteiger partial charge in [-0.15, -0.1) is 0 Å². The van der Waals surface area contributed by atoms with Crippen molar-refractivity contribution in [2.75, 3.05) is 5.32 Å². The van der Waals surface area contributed by atoms with E-state index in [1.54, 1.807) is 12.1 Å². The molecule has 0 aliphatic heterocycles. The molecule has 0 bridgehead atoms. The quantitative estimate of drug-likeness (QED) is 0.492. The summed E-state index contributed by atoms with van der Waals surface area (Å²) in [5.41, 5.74) is -1.92. The van der Waals surface area contributed by atoms with E-state index in [4.69, 9.17) is 10.5 Å². The molecule has 0 amide bonds. The molecule has 0 saturated heterocycles. The molecule has 0 unspecified atom stereocenters. The number of nitrogens with one attached hydrogen (secondary N) is 1. The normalized spacial score (nSPS) is 8.74. The van der Waals surface area contributed by atoms with Crippen molar-refractivity contribution >= 4 is 17.1 Å². The minimum Gasteiger partial charge on any atom is -0.354 e. The third-order valence-electron chi connectivity index (χ3n) is 2.01. The zero-order chi connectivity index (χ0) is 14.4. The Kier molecular flexibility index (Phi) is 4.11. The van der Waals surface area contributed by atoms with Crippen LogP contribution in [0.5, 0.6) is 0 Å². The van der Waals surface area contributed by atoms with Gasteiger partial charge in [0.15, 0.2) is 0 Å². The van der Waals surface area contributed by atoms with Crippen LogP contribution in [0.3, 0.4) is 0 Å². The minimum absolute atomic E-state index is 0.179. The summed E-state index contributed by atoms with van der Waals surface area (Å²) >= 11 is 0. The van der Waals surface area contributed by atoms with Crippen LogP contribution in [0.4, 0.5) is 17.1 Å². The summed E-state index contributed by atoms with van der Waals surface area (Å²) in [5.74, 6) is 0. The number of nitriles is 2. The van der Waals surface area contributed by atoms with Gasteiger partial charge in [0.05, 0.1) is 9.85 Å². The summed E-state index contributed by atoms with van der Waals surface area (Å²) in [7, 11) is 0. The van der Waals surface area contributed by atoms with E-state index in [0.29, 0.717) is 0 Å². The molecule has 0 aliphatic rings. The second-order valence-corrected chi connectivity index (χ2v) is 3.11. The van der Waals surface area contributed by atoms with Crippen LogP contribution in [0.15, 0.2) is 30.0 Å². The molecule has 0 heterocycles. The first-order valence-corrected chi connectivity index (χ1v) is 4.70. The molecular weight excluding hydrogens is 254 g/mol. The van der Waals surface area contributed by atoms with E-state index in [1.165, 1.54) is 12.1 Å². The van der Waals surface area contributed by atoms with Crippen LogP contribution in [-0.2, 0) is 0 Å². The zero-order valence-corrected chi connectivity index (χ0v) is 9.23. The Morgan fingerprint density at radius 1 is 1.21 bits per heavy atom. The van der Waals surface area contributed by atoms with Crippen LogP contribution in [0, 0.1) is 42.9 Å². The lowest BCUT2D eigenvalue weighted by molar-refractivity contribution is -0.421. The van der Waals surface area contributed by atoms with Crippen LogP contribution >= 0.6 is 0 Å². The number of anilines is 1. The largest absolute Gasteiger partial charge is 0.369 e. The first kappa shape index (κ1) is 13.6. The fourth-order valence-corrected chi connectivity index (χ4v) is 1.23. The van der Waals surface area contributed by atoms with Crippen LogP contribution in [-0.4, -0.2) is 9.85 Å². The second-order valence-electron chi connectivity index (χ2n) is 3.11. The van der Waals surface area contributed by atoms with Crippen molar-refractivity contribution in [1.29, 1.82) is 10.5 Å². The van der Waals surface area contributed by atoms with Crippen molar-refractivity contribution in [3.8, 4) is 12.1 Å². The van der Waals surface area contributed by atoms with Crippen molar-refractivity contribution in [2.45, 2.75) is 0 Å². The van der Waals surface area contributed by atoms with E-state index in [2.05, 4.69) is 5.32 Å². The minimum atomic E-state index is -0.910. The Labute approximate surface area is 106 Å². The summed E-state index contributed by atoms with van der Waals surface area (Å²) in [5, 5.41) is 40.9. The first-order chi connectivity index (χ1) is 9.01. The van der Waals surface area contributed by atoms with E-state index in [1.807, 2.05) is 0 Å². The monoisotopic (exact) mass is 259 g/mol. The molecule has 0 radical (unpaired) electrons. The van der Waals surface area contributed by atoms with Gasteiger partial charge < -0.3 is 5.32 Å². The number of benzene rings is 1. The number of para-hydroxylation sites is 1. The van der Waals surface area contributed by atoms with Gasteiger partial charge in [-0.2, -0.15) is 10.5 Å². The Morgan fingerprint density at radius 3 is 2.32 bits per heavy atom. The predicted octanol–water partition coefficient (Wildman–Crippen LogP) is 1.85. The lowest BCUT2D eigenvalue weighted by Crippen LogP contribution is -2.01. The third kappa shape index (κ3) is 3.01. The molecule has 9 heteroatoms. The van der Waals surface area contributed by atoms with Crippen molar-refractivity contribution in [2.24, 2.45) is 0 Å². The molecule has 0 atom stereocenters. The average molecular weight is 259 g/mol. The molecule has 1 rings (SSSR count). The molecule has 19 heavy (non-hydrogen) atoms. The summed E-state index contributed by atoms with van der Waals surface area (Å²) < 4.78 is 0. The number of hydrogen-bond acceptors (Lipinski definition) is 7. The lowest BCUT2D eigenvalue weighted by Gasteiger charge is -2.02. The fraction of sp³-hybridized carbons (Fsp3) is 0. The molecule has 0 fully saturated rings. The lowest BCUT2D eigenvalue weighted by atomic mass is 10.2. The summed E-state index contributed by atoms with van der Waals surface area (Å²) in [6.45, 7) is 0. The van der Waals surface area contributed by atoms with E-state index in [-0.39, 0.29) is 11.3 Å². The van der Waals surface area contributed by atoms with E-state index >= 15 is 0 Å². The molecule has 0 aromatic heterocycles. The summed E-state index contributed by atoms with van der Waals surface area (Å²) in [6.07, 6.45) is 0.937. The second kappa shape index (κ2) is 5.75. The van der Waals surface area contributed by atoms with Crippen molar-refractivity contribution in [3.05, 3.63) is 50.2 Å². The SMILES string of the molecule is N#CC(C#N)=CNc1cccc([N+](=O)[O-])c1[N+](=O)[O-]. The molecule has 1 N–H and O–H groups in total. The van der Waals surface area contributed by atoms with Crippen molar-refractivity contribution in [1.82, 2.24) is 0 Å². The molecule has 0 spiro atoms. The fourth-order valence-electron chi connectivity index (χ4n) is 1.23. The molecular formula is C10H5N5O4. The topological polar surface area (TPSA) is 146 Å². The Morgan fingerprint density at radius 2 is 1.84 bits per heavy atom. The van der Waals surface area contributed by atoms with Crippen molar-refractivity contribution in [3.63, 3.8) is 0 Å². The molecule has 1 aromatic carbocycles. The predicted molar refractivity (Wildman–Crippen MR) is 62.7 cm³/mol. The van der Waals surface area contributed by atoms with Gasteiger partial charge in [-0.3, -0.25) is 20.2 Å². The third-order valence-corrected chi connectivity index (χ3v) is 2.01. The van der Waals surface area contributed by atoms with E-state index in [0.717, 1.165) is 12.3 Å². The number of rotatable bonds is 4. The highest BCUT2D eigenvalue weighted by atomic mass is 16.6. The highest BCUT2D eigenvalue weighted by Crippen LogP contribution is 2.34. The van der Waals surface area contributed by atoms with E-state index < -0.39 is 21.2 Å². The van der Waals surface area contributed by atoms with Gasteiger partial charge in [0, 0.05) is 12.3 Å². The number of allylic oxidation sites excluding steroid dienone is 1. The first-order valence-electron chi connectivity index (χ1n) is 4.70. The molecule has 1 aromatic rings. The van der Waals surface area contributed by atoms with Crippen LogP contribution in [0.2, 0.25) is 0 Å². The smallest absolute Gasteiger partial charge is 0.354 e. The molecule has 94 valence electrons. The highest BCUT2D eigenvalue weighted by Gasteiger charge is 2.27. The van der Waals surface area contributed by atoms with Crippen LogP contribution in [0.1, 0.15) is 0 Å². The van der Waals surface area contributed by atoms with Crippen LogP contribution in [0.25, 0.3) is 0 Å². The Bertz CT molecular complexity index is 637. The standard InChI is InChI=1S/C10H5N5O4/c11-4-7(5-12)6-13-8-2-1-3-9(14(16)17)10(8)15(18)19/h1-3,6,13H. The maximum Gasteiger partial charge on any atom is 0.369 e. The Balaban J connectivity index is 3.31. The number of nitro groups is 2. The zero-order valence-electron chi connectivity index (χ0n) is 9.23. The number of nitrogens with zero attached hydrogens (tertiary/aromatic N) is 4. The van der Waals surface area contributed by atoms with Gasteiger partial charge in [-0.05, 0) is 6.07 Å². The van der Waals surface area contributed by atoms with Gasteiger partial charge in [0.25, 0.3) is 0 Å². The maximum absolute atomic E-state index is 10.8. The molecule has 0 aliphatic carbocycles. The highest BCUT2D eigenvalue weighted by molar-refractivity contribution is 5.72.